The van der Waals surface area contributed by atoms with Gasteiger partial charge in [0, 0.05) is 40.4 Å². The highest BCUT2D eigenvalue weighted by Gasteiger charge is 2.12. The van der Waals surface area contributed by atoms with Crippen LogP contribution in [0.4, 0.5) is 11.4 Å². The van der Waals surface area contributed by atoms with E-state index in [9.17, 15) is 0 Å². The molecule has 0 atom stereocenters. The fourth-order valence-electron chi connectivity index (χ4n) is 3.79. The van der Waals surface area contributed by atoms with Crippen LogP contribution in [-0.2, 0) is 4.74 Å². The van der Waals surface area contributed by atoms with Gasteiger partial charge >= 0.3 is 0 Å². The number of halogens is 1. The van der Waals surface area contributed by atoms with Gasteiger partial charge in [-0.25, -0.2) is 9.67 Å². The van der Waals surface area contributed by atoms with Crippen molar-refractivity contribution in [3.8, 4) is 11.3 Å². The second kappa shape index (κ2) is 10.5. The molecule has 1 aliphatic rings. The Morgan fingerprint density at radius 3 is 2.62 bits per heavy atom. The van der Waals surface area contributed by atoms with Crippen LogP contribution in [0.5, 0.6) is 0 Å². The second-order valence-electron chi connectivity index (χ2n) is 7.88. The molecule has 0 saturated carbocycles. The van der Waals surface area contributed by atoms with Gasteiger partial charge in [0.1, 0.15) is 0 Å². The Labute approximate surface area is 211 Å². The summed E-state index contributed by atoms with van der Waals surface area (Å²) in [6.45, 7) is 5.43. The lowest BCUT2D eigenvalue weighted by molar-refractivity contribution is 0.122. The van der Waals surface area contributed by atoms with Gasteiger partial charge in [-0.05, 0) is 48.9 Å². The monoisotopic (exact) mass is 533 g/mol. The summed E-state index contributed by atoms with van der Waals surface area (Å²) < 4.78 is 8.41. The number of ether oxygens (including phenoxy) is 1. The molecule has 1 saturated heterocycles. The Morgan fingerprint density at radius 2 is 1.88 bits per heavy atom. The maximum Gasteiger partial charge on any atom is 0.211 e. The Balaban J connectivity index is 1.54. The first-order valence-electron chi connectivity index (χ1n) is 11.1. The number of thiazole rings is 1. The van der Waals surface area contributed by atoms with E-state index in [4.69, 9.17) is 14.8 Å². The van der Waals surface area contributed by atoms with Crippen molar-refractivity contribution in [3.05, 3.63) is 93.3 Å². The van der Waals surface area contributed by atoms with Crippen LogP contribution in [0.1, 0.15) is 12.5 Å². The molecule has 2 aromatic heterocycles. The van der Waals surface area contributed by atoms with E-state index < -0.39 is 0 Å². The first kappa shape index (κ1) is 22.7. The highest BCUT2D eigenvalue weighted by molar-refractivity contribution is 9.10. The maximum atomic E-state index is 5.47. The van der Waals surface area contributed by atoms with Gasteiger partial charge in [-0.3, -0.25) is 4.98 Å². The highest BCUT2D eigenvalue weighted by atomic mass is 79.9. The largest absolute Gasteiger partial charge is 0.378 e. The number of anilines is 1. The molecule has 4 aromatic rings. The summed E-state index contributed by atoms with van der Waals surface area (Å²) in [5.41, 5.74) is 6.04. The minimum atomic E-state index is 0.776. The highest BCUT2D eigenvalue weighted by Crippen LogP contribution is 2.25. The first-order chi connectivity index (χ1) is 16.7. The van der Waals surface area contributed by atoms with Gasteiger partial charge in [-0.1, -0.05) is 40.2 Å². The van der Waals surface area contributed by atoms with Gasteiger partial charge in [0.2, 0.25) is 4.80 Å². The van der Waals surface area contributed by atoms with Crippen LogP contribution in [-0.4, -0.2) is 41.7 Å². The molecule has 0 radical (unpaired) electrons. The van der Waals surface area contributed by atoms with E-state index in [-0.39, 0.29) is 0 Å². The molecule has 0 bridgehead atoms. The van der Waals surface area contributed by atoms with Gasteiger partial charge < -0.3 is 9.64 Å². The Hall–Kier alpha value is -3.07. The third-order valence-electron chi connectivity index (χ3n) is 5.59. The molecular weight excluding hydrogens is 510 g/mol. The number of benzene rings is 2. The zero-order valence-electron chi connectivity index (χ0n) is 18.8. The predicted molar refractivity (Wildman–Crippen MR) is 142 cm³/mol. The quantitative estimate of drug-likeness (QED) is 0.308. The van der Waals surface area contributed by atoms with Crippen LogP contribution in [0, 0.1) is 0 Å². The van der Waals surface area contributed by atoms with Gasteiger partial charge in [0.25, 0.3) is 0 Å². The number of hydrogen-bond acceptors (Lipinski definition) is 6. The SMILES string of the molecule is CC(=Nn1c(-c2cccc(Br)c2)csc1=Nc1cccnc1)c1ccc(N2CCOCC2)cc1. The van der Waals surface area contributed by atoms with Crippen molar-refractivity contribution < 1.29 is 4.74 Å². The third kappa shape index (κ3) is 5.19. The van der Waals surface area contributed by atoms with Crippen molar-refractivity contribution in [2.75, 3.05) is 31.2 Å². The van der Waals surface area contributed by atoms with E-state index >= 15 is 0 Å². The van der Waals surface area contributed by atoms with Crippen molar-refractivity contribution in [1.29, 1.82) is 0 Å². The summed E-state index contributed by atoms with van der Waals surface area (Å²) in [6, 6.07) is 20.6. The standard InChI is InChI=1S/C26H24BrN5OS/c1-19(20-7-9-24(10-8-20)31-12-14-33-15-13-31)30-32-25(21-4-2-5-22(27)16-21)18-34-26(32)29-23-6-3-11-28-17-23/h2-11,16-18H,12-15H2,1H3. The van der Waals surface area contributed by atoms with Crippen molar-refractivity contribution in [3.63, 3.8) is 0 Å². The summed E-state index contributed by atoms with van der Waals surface area (Å²) in [5, 5.41) is 7.11. The van der Waals surface area contributed by atoms with E-state index in [1.54, 1.807) is 23.7 Å². The van der Waals surface area contributed by atoms with Crippen molar-refractivity contribution in [2.24, 2.45) is 10.1 Å². The number of nitrogens with zero attached hydrogens (tertiary/aromatic N) is 5. The fourth-order valence-corrected chi connectivity index (χ4v) is 5.04. The first-order valence-corrected chi connectivity index (χ1v) is 12.7. The summed E-state index contributed by atoms with van der Waals surface area (Å²) in [7, 11) is 0. The predicted octanol–water partition coefficient (Wildman–Crippen LogP) is 5.72. The number of aromatic nitrogens is 2. The number of pyridine rings is 1. The molecule has 1 fully saturated rings. The Kier molecular flexibility index (Phi) is 6.99. The number of hydrogen-bond donors (Lipinski definition) is 0. The summed E-state index contributed by atoms with van der Waals surface area (Å²) in [5.74, 6) is 0. The lowest BCUT2D eigenvalue weighted by atomic mass is 10.1. The summed E-state index contributed by atoms with van der Waals surface area (Å²) >= 11 is 5.14. The molecule has 0 unspecified atom stereocenters. The van der Waals surface area contributed by atoms with Crippen molar-refractivity contribution >= 4 is 44.4 Å². The molecule has 6 nitrogen and oxygen atoms in total. The smallest absolute Gasteiger partial charge is 0.211 e. The molecule has 0 aliphatic carbocycles. The average molecular weight is 534 g/mol. The van der Waals surface area contributed by atoms with E-state index in [0.717, 1.165) is 63.8 Å². The van der Waals surface area contributed by atoms with Crippen LogP contribution >= 0.6 is 27.3 Å². The topological polar surface area (TPSA) is 55.0 Å². The molecule has 3 heterocycles. The van der Waals surface area contributed by atoms with E-state index in [1.165, 1.54) is 5.69 Å². The fraction of sp³-hybridized carbons (Fsp3) is 0.192. The van der Waals surface area contributed by atoms with Gasteiger partial charge in [-0.2, -0.15) is 5.10 Å². The van der Waals surface area contributed by atoms with Crippen LogP contribution in [0.15, 0.2) is 93.0 Å². The number of rotatable bonds is 5. The lowest BCUT2D eigenvalue weighted by Crippen LogP contribution is -2.36. The molecule has 1 aliphatic heterocycles. The van der Waals surface area contributed by atoms with Gasteiger partial charge in [-0.15, -0.1) is 11.3 Å². The summed E-state index contributed by atoms with van der Waals surface area (Å²) in [6.07, 6.45) is 3.50. The molecule has 0 spiro atoms. The van der Waals surface area contributed by atoms with E-state index in [1.807, 2.05) is 35.9 Å². The maximum absolute atomic E-state index is 5.47. The zero-order chi connectivity index (χ0) is 23.3. The third-order valence-corrected chi connectivity index (χ3v) is 6.90. The van der Waals surface area contributed by atoms with E-state index in [0.29, 0.717) is 0 Å². The van der Waals surface area contributed by atoms with Crippen LogP contribution in [0.25, 0.3) is 11.3 Å². The molecule has 172 valence electrons. The molecule has 0 N–H and O–H groups in total. The Morgan fingerprint density at radius 1 is 1.06 bits per heavy atom. The van der Waals surface area contributed by atoms with Crippen molar-refractivity contribution in [2.45, 2.75) is 6.92 Å². The van der Waals surface area contributed by atoms with Crippen LogP contribution in [0.2, 0.25) is 0 Å². The molecular formula is C26H24BrN5OS. The van der Waals surface area contributed by atoms with Crippen molar-refractivity contribution in [1.82, 2.24) is 9.66 Å². The summed E-state index contributed by atoms with van der Waals surface area (Å²) in [4.78, 5) is 12.1. The number of morpholine rings is 1. The lowest BCUT2D eigenvalue weighted by Gasteiger charge is -2.28. The zero-order valence-corrected chi connectivity index (χ0v) is 21.2. The second-order valence-corrected chi connectivity index (χ2v) is 9.63. The molecule has 2 aromatic carbocycles. The van der Waals surface area contributed by atoms with Gasteiger partial charge in [0.15, 0.2) is 0 Å². The van der Waals surface area contributed by atoms with E-state index in [2.05, 4.69) is 67.6 Å². The Bertz CT molecular complexity index is 1360. The van der Waals surface area contributed by atoms with Gasteiger partial charge in [0.05, 0.1) is 36.5 Å². The van der Waals surface area contributed by atoms with Crippen LogP contribution in [0.3, 0.4) is 0 Å². The molecule has 5 rings (SSSR count). The molecule has 0 amide bonds. The molecule has 34 heavy (non-hydrogen) atoms. The minimum absolute atomic E-state index is 0.776. The molecule has 8 heteroatoms. The minimum Gasteiger partial charge on any atom is -0.378 e. The normalized spacial score (nSPS) is 15.1. The van der Waals surface area contributed by atoms with Crippen LogP contribution < -0.4 is 9.70 Å². The average Bonchev–Trinajstić information content (AvgIpc) is 3.27.